The minimum atomic E-state index is -3.83. The Hall–Kier alpha value is -1.96. The highest BCUT2D eigenvalue weighted by Gasteiger charge is 2.20. The van der Waals surface area contributed by atoms with Crippen LogP contribution in [0.25, 0.3) is 0 Å². The Morgan fingerprint density at radius 3 is 2.42 bits per heavy atom. The zero-order valence-corrected chi connectivity index (χ0v) is 14.6. The van der Waals surface area contributed by atoms with Gasteiger partial charge in [-0.05, 0) is 42.3 Å². The molecule has 1 amide bonds. The van der Waals surface area contributed by atoms with E-state index in [1.807, 2.05) is 0 Å². The summed E-state index contributed by atoms with van der Waals surface area (Å²) in [7, 11) is -3.83. The van der Waals surface area contributed by atoms with Crippen molar-refractivity contribution in [2.75, 3.05) is 15.8 Å². The van der Waals surface area contributed by atoms with Crippen LogP contribution in [-0.2, 0) is 21.2 Å². The van der Waals surface area contributed by atoms with Crippen LogP contribution in [0.2, 0.25) is 10.0 Å². The zero-order valence-electron chi connectivity index (χ0n) is 12.3. The second kappa shape index (κ2) is 6.16. The second-order valence-corrected chi connectivity index (χ2v) is 7.82. The minimum absolute atomic E-state index is 0.0811. The van der Waals surface area contributed by atoms with Gasteiger partial charge in [0.1, 0.15) is 0 Å². The van der Waals surface area contributed by atoms with E-state index in [1.54, 1.807) is 6.07 Å². The number of benzene rings is 2. The van der Waals surface area contributed by atoms with Crippen LogP contribution in [0.3, 0.4) is 0 Å². The van der Waals surface area contributed by atoms with Crippen LogP contribution in [0.4, 0.5) is 17.1 Å². The predicted octanol–water partition coefficient (Wildman–Crippen LogP) is 3.26. The third kappa shape index (κ3) is 3.28. The first-order chi connectivity index (χ1) is 11.3. The van der Waals surface area contributed by atoms with E-state index in [9.17, 15) is 13.2 Å². The molecule has 0 saturated heterocycles. The summed E-state index contributed by atoms with van der Waals surface area (Å²) in [5.41, 5.74) is 7.43. The molecule has 24 heavy (non-hydrogen) atoms. The quantitative estimate of drug-likeness (QED) is 0.705. The van der Waals surface area contributed by atoms with Crippen molar-refractivity contribution >= 4 is 56.2 Å². The number of anilines is 3. The number of carbonyl (C=O) groups is 1. The highest BCUT2D eigenvalue weighted by atomic mass is 35.5. The summed E-state index contributed by atoms with van der Waals surface area (Å²) in [4.78, 5) is 11.4. The summed E-state index contributed by atoms with van der Waals surface area (Å²) in [5.74, 6) is -0.0811. The van der Waals surface area contributed by atoms with Crippen molar-refractivity contribution in [2.24, 2.45) is 0 Å². The number of nitrogens with two attached hydrogens (primary N) is 1. The van der Waals surface area contributed by atoms with E-state index in [-0.39, 0.29) is 32.2 Å². The maximum absolute atomic E-state index is 12.5. The maximum Gasteiger partial charge on any atom is 0.261 e. The summed E-state index contributed by atoms with van der Waals surface area (Å²) in [6, 6.07) is 7.31. The number of hydrogen-bond acceptors (Lipinski definition) is 4. The molecule has 0 aromatic heterocycles. The van der Waals surface area contributed by atoms with Gasteiger partial charge < -0.3 is 11.1 Å². The lowest BCUT2D eigenvalue weighted by atomic mass is 10.0. The molecule has 0 saturated carbocycles. The molecule has 4 N–H and O–H groups in total. The van der Waals surface area contributed by atoms with Gasteiger partial charge in [-0.3, -0.25) is 9.52 Å². The highest BCUT2D eigenvalue weighted by molar-refractivity contribution is 7.92. The molecule has 0 aliphatic carbocycles. The fourth-order valence-corrected chi connectivity index (χ4v) is 3.96. The van der Waals surface area contributed by atoms with Crippen LogP contribution in [0, 0.1) is 0 Å². The second-order valence-electron chi connectivity index (χ2n) is 5.33. The van der Waals surface area contributed by atoms with Crippen LogP contribution >= 0.6 is 23.2 Å². The number of fused-ring (bicyclic) bond motifs is 1. The first-order valence-electron chi connectivity index (χ1n) is 6.96. The zero-order chi connectivity index (χ0) is 17.5. The van der Waals surface area contributed by atoms with Crippen LogP contribution in [0.15, 0.2) is 35.2 Å². The molecule has 0 radical (unpaired) electrons. The number of halogens is 2. The molecule has 1 heterocycles. The summed E-state index contributed by atoms with van der Waals surface area (Å²) in [5, 5.41) is 3.03. The molecule has 0 atom stereocenters. The van der Waals surface area contributed by atoms with Crippen molar-refractivity contribution in [3.63, 3.8) is 0 Å². The van der Waals surface area contributed by atoms with Crippen LogP contribution < -0.4 is 15.8 Å². The standard InChI is InChI=1S/C15H13Cl2N3O3S/c16-11-6-9(7-12(17)15(11)18)20-24(22,23)10-2-3-13-8(5-10)1-4-14(21)19-13/h2-3,5-7,20H,1,4,18H2,(H,19,21). The molecule has 6 nitrogen and oxygen atoms in total. The molecule has 3 rings (SSSR count). The van der Waals surface area contributed by atoms with Crippen molar-refractivity contribution in [3.05, 3.63) is 45.9 Å². The van der Waals surface area contributed by atoms with Crippen molar-refractivity contribution in [1.29, 1.82) is 0 Å². The molecule has 0 unspecified atom stereocenters. The van der Waals surface area contributed by atoms with Gasteiger partial charge in [0.25, 0.3) is 10.0 Å². The third-order valence-corrected chi connectivity index (χ3v) is 5.62. The van der Waals surface area contributed by atoms with E-state index < -0.39 is 10.0 Å². The monoisotopic (exact) mass is 385 g/mol. The van der Waals surface area contributed by atoms with E-state index in [1.165, 1.54) is 24.3 Å². The Morgan fingerprint density at radius 1 is 1.08 bits per heavy atom. The average Bonchev–Trinajstić information content (AvgIpc) is 2.51. The van der Waals surface area contributed by atoms with Gasteiger partial charge in [0, 0.05) is 12.1 Å². The van der Waals surface area contributed by atoms with E-state index in [0.717, 1.165) is 5.56 Å². The average molecular weight is 386 g/mol. The van der Waals surface area contributed by atoms with E-state index >= 15 is 0 Å². The van der Waals surface area contributed by atoms with Crippen LogP contribution in [0.5, 0.6) is 0 Å². The molecule has 9 heteroatoms. The van der Waals surface area contributed by atoms with Crippen LogP contribution in [0.1, 0.15) is 12.0 Å². The van der Waals surface area contributed by atoms with Gasteiger partial charge in [0.2, 0.25) is 5.91 Å². The number of aryl methyl sites for hydroxylation is 1. The molecule has 126 valence electrons. The smallest absolute Gasteiger partial charge is 0.261 e. The topological polar surface area (TPSA) is 101 Å². The Kier molecular flexibility index (Phi) is 4.33. The summed E-state index contributed by atoms with van der Waals surface area (Å²) in [6.45, 7) is 0. The fraction of sp³-hybridized carbons (Fsp3) is 0.133. The summed E-state index contributed by atoms with van der Waals surface area (Å²) >= 11 is 11.8. The van der Waals surface area contributed by atoms with E-state index in [4.69, 9.17) is 28.9 Å². The number of nitrogen functional groups attached to an aromatic ring is 1. The number of nitrogens with one attached hydrogen (secondary N) is 2. The number of sulfonamides is 1. The SMILES string of the molecule is Nc1c(Cl)cc(NS(=O)(=O)c2ccc3c(c2)CCC(=O)N3)cc1Cl. The lowest BCUT2D eigenvalue weighted by Gasteiger charge is -2.18. The number of hydrogen-bond donors (Lipinski definition) is 3. The van der Waals surface area contributed by atoms with Gasteiger partial charge >= 0.3 is 0 Å². The minimum Gasteiger partial charge on any atom is -0.396 e. The lowest BCUT2D eigenvalue weighted by Crippen LogP contribution is -2.20. The van der Waals surface area contributed by atoms with Gasteiger partial charge in [0.15, 0.2) is 0 Å². The van der Waals surface area contributed by atoms with Crippen molar-refractivity contribution in [1.82, 2.24) is 0 Å². The van der Waals surface area contributed by atoms with E-state index in [2.05, 4.69) is 10.0 Å². The Balaban J connectivity index is 1.93. The normalized spacial score (nSPS) is 14.0. The fourth-order valence-electron chi connectivity index (χ4n) is 2.38. The highest BCUT2D eigenvalue weighted by Crippen LogP contribution is 2.32. The first-order valence-corrected chi connectivity index (χ1v) is 9.20. The molecular weight excluding hydrogens is 373 g/mol. The Morgan fingerprint density at radius 2 is 1.75 bits per heavy atom. The van der Waals surface area contributed by atoms with Crippen molar-refractivity contribution < 1.29 is 13.2 Å². The van der Waals surface area contributed by atoms with Gasteiger partial charge in [-0.25, -0.2) is 8.42 Å². The summed E-state index contributed by atoms with van der Waals surface area (Å²) < 4.78 is 27.5. The molecule has 2 aromatic carbocycles. The Labute approximate surface area is 149 Å². The first kappa shape index (κ1) is 16.9. The number of rotatable bonds is 3. The Bertz CT molecular complexity index is 922. The van der Waals surface area contributed by atoms with E-state index in [0.29, 0.717) is 18.5 Å². The molecule has 2 aromatic rings. The molecular formula is C15H13Cl2N3O3S. The molecule has 1 aliphatic heterocycles. The van der Waals surface area contributed by atoms with Crippen molar-refractivity contribution in [3.8, 4) is 0 Å². The molecule has 0 bridgehead atoms. The van der Waals surface area contributed by atoms with Gasteiger partial charge in [-0.15, -0.1) is 0 Å². The molecule has 0 spiro atoms. The van der Waals surface area contributed by atoms with Gasteiger partial charge in [-0.2, -0.15) is 0 Å². The number of amides is 1. The summed E-state index contributed by atoms with van der Waals surface area (Å²) in [6.07, 6.45) is 0.817. The van der Waals surface area contributed by atoms with Crippen molar-refractivity contribution in [2.45, 2.75) is 17.7 Å². The van der Waals surface area contributed by atoms with Gasteiger partial charge in [-0.1, -0.05) is 23.2 Å². The third-order valence-electron chi connectivity index (χ3n) is 3.61. The van der Waals surface area contributed by atoms with Gasteiger partial charge in [0.05, 0.1) is 26.3 Å². The molecule has 1 aliphatic rings. The lowest BCUT2D eigenvalue weighted by molar-refractivity contribution is -0.116. The predicted molar refractivity (Wildman–Crippen MR) is 95.1 cm³/mol. The van der Waals surface area contributed by atoms with Crippen LogP contribution in [-0.4, -0.2) is 14.3 Å². The molecule has 0 fully saturated rings. The number of carbonyl (C=O) groups excluding carboxylic acids is 1. The maximum atomic E-state index is 12.5. The largest absolute Gasteiger partial charge is 0.396 e.